The second-order valence-corrected chi connectivity index (χ2v) is 12.7. The van der Waals surface area contributed by atoms with Gasteiger partial charge in [0.1, 0.15) is 11.4 Å². The molecule has 2 fully saturated rings. The molecule has 6 atom stereocenters. The number of benzene rings is 2. The number of amides is 2. The number of nitrogens with zero attached hydrogens (tertiary/aromatic N) is 2. The quantitative estimate of drug-likeness (QED) is 0.295. The molecular weight excluding hydrogens is 574 g/mol. The van der Waals surface area contributed by atoms with Crippen LogP contribution < -0.4 is 10.1 Å². The van der Waals surface area contributed by atoms with Crippen LogP contribution in [-0.2, 0) is 20.9 Å². The number of aliphatic hydroxyl groups excluding tert-OH is 1. The highest BCUT2D eigenvalue weighted by molar-refractivity contribution is 8.03. The third-order valence-corrected chi connectivity index (χ3v) is 9.96. The van der Waals surface area contributed by atoms with Gasteiger partial charge in [0.25, 0.3) is 0 Å². The molecule has 0 saturated carbocycles. The molecule has 3 aliphatic heterocycles. The smallest absolute Gasteiger partial charge is 0.353 e. The lowest BCUT2D eigenvalue weighted by Gasteiger charge is -2.46. The van der Waals surface area contributed by atoms with Crippen molar-refractivity contribution in [3.05, 3.63) is 69.8 Å². The Bertz CT molecular complexity index is 1510. The number of aliphatic carboxylic acids is 1. The van der Waals surface area contributed by atoms with Crippen LogP contribution in [0.3, 0.4) is 0 Å². The third kappa shape index (κ3) is 5.74. The minimum Gasteiger partial charge on any atom is -0.496 e. The topological polar surface area (TPSA) is 157 Å². The molecule has 2 amide bonds. The van der Waals surface area contributed by atoms with E-state index in [4.69, 9.17) is 4.74 Å². The number of fused-ring (bicyclic) bond motifs is 1. The molecule has 43 heavy (non-hydrogen) atoms. The number of carbonyl (C=O) groups is 4. The number of carboxylic acids is 2. The number of aromatic carboxylic acids is 1. The lowest BCUT2D eigenvalue weighted by atomic mass is 9.79. The van der Waals surface area contributed by atoms with E-state index in [9.17, 15) is 34.5 Å². The van der Waals surface area contributed by atoms with Gasteiger partial charge in [0, 0.05) is 40.4 Å². The van der Waals surface area contributed by atoms with Gasteiger partial charge in [-0.25, -0.2) is 9.59 Å². The largest absolute Gasteiger partial charge is 0.496 e. The van der Waals surface area contributed by atoms with Gasteiger partial charge in [-0.15, -0.1) is 11.8 Å². The molecule has 0 spiro atoms. The summed E-state index contributed by atoms with van der Waals surface area (Å²) in [6.45, 7) is 6.23. The van der Waals surface area contributed by atoms with Gasteiger partial charge < -0.3 is 30.3 Å². The predicted molar refractivity (Wildman–Crippen MR) is 160 cm³/mol. The Kier molecular flexibility index (Phi) is 8.55. The summed E-state index contributed by atoms with van der Waals surface area (Å²) in [7, 11) is 1.59. The van der Waals surface area contributed by atoms with Crippen LogP contribution in [0.25, 0.3) is 0 Å². The number of aliphatic hydroxyl groups is 1. The first-order valence-corrected chi connectivity index (χ1v) is 15.0. The zero-order chi connectivity index (χ0) is 31.2. The summed E-state index contributed by atoms with van der Waals surface area (Å²) in [6, 6.07) is 10.9. The molecule has 0 radical (unpaired) electrons. The fraction of sp³-hybridized carbons (Fsp3) is 0.419. The number of ether oxygens (including phenoxy) is 1. The number of methoxy groups -OCH3 is 1. The predicted octanol–water partition coefficient (Wildman–Crippen LogP) is 3.17. The lowest BCUT2D eigenvalue weighted by Crippen LogP contribution is -2.63. The fourth-order valence-electron chi connectivity index (χ4n) is 6.41. The van der Waals surface area contributed by atoms with Gasteiger partial charge in [0.05, 0.1) is 36.8 Å². The van der Waals surface area contributed by atoms with Crippen molar-refractivity contribution in [1.29, 1.82) is 0 Å². The molecule has 3 aliphatic rings. The zero-order valence-electron chi connectivity index (χ0n) is 24.3. The van der Waals surface area contributed by atoms with Crippen molar-refractivity contribution in [2.75, 3.05) is 19.0 Å². The second-order valence-electron chi connectivity index (χ2n) is 11.4. The van der Waals surface area contributed by atoms with Crippen LogP contribution in [0.4, 0.5) is 5.69 Å². The van der Waals surface area contributed by atoms with Gasteiger partial charge in [0.2, 0.25) is 11.8 Å². The third-order valence-electron chi connectivity index (χ3n) is 8.47. The van der Waals surface area contributed by atoms with Gasteiger partial charge in [-0.1, -0.05) is 25.1 Å². The minimum atomic E-state index is -1.19. The Morgan fingerprint density at radius 1 is 1.14 bits per heavy atom. The monoisotopic (exact) mass is 609 g/mol. The standard InChI is InChI=1S/C31H35N3O8S/c1-15-8-9-19(23(10-15)42-4)13-33-14-21(12-22(33)28(36)32-20-7-5-6-18(11-20)30(38)39)43-27-16(2)25-24(17(3)35)29(37)34(25)26(27)31(40)41/h5-11,16-17,21-22,24-25,35H,12-14H2,1-4H3,(H,32,36)(H,38,39)(H,40,41)/t16-,17-,21+,22+,24-,25-/m1/s1. The molecule has 2 aromatic rings. The maximum absolute atomic E-state index is 13.7. The summed E-state index contributed by atoms with van der Waals surface area (Å²) < 4.78 is 5.60. The van der Waals surface area contributed by atoms with Crippen molar-refractivity contribution in [1.82, 2.24) is 9.80 Å². The summed E-state index contributed by atoms with van der Waals surface area (Å²) in [4.78, 5) is 54.1. The number of carbonyl (C=O) groups excluding carboxylic acids is 2. The molecule has 12 heteroatoms. The Morgan fingerprint density at radius 3 is 2.53 bits per heavy atom. The van der Waals surface area contributed by atoms with Gasteiger partial charge in [-0.3, -0.25) is 14.5 Å². The van der Waals surface area contributed by atoms with E-state index in [1.807, 2.05) is 36.9 Å². The molecule has 0 aliphatic carbocycles. The minimum absolute atomic E-state index is 0.0467. The fourth-order valence-corrected chi connectivity index (χ4v) is 7.96. The Balaban J connectivity index is 1.42. The number of hydrogen-bond acceptors (Lipinski definition) is 8. The average molecular weight is 610 g/mol. The summed E-state index contributed by atoms with van der Waals surface area (Å²) in [5.41, 5.74) is 2.28. The molecule has 3 heterocycles. The number of likely N-dealkylation sites (tertiary alicyclic amines) is 1. The first kappa shape index (κ1) is 30.6. The normalized spacial score (nSPS) is 25.7. The van der Waals surface area contributed by atoms with E-state index in [1.165, 1.54) is 28.8 Å². The van der Waals surface area contributed by atoms with Crippen molar-refractivity contribution < 1.29 is 39.2 Å². The molecule has 2 saturated heterocycles. The van der Waals surface area contributed by atoms with E-state index >= 15 is 0 Å². The van der Waals surface area contributed by atoms with Crippen LogP contribution in [0.15, 0.2) is 53.1 Å². The average Bonchev–Trinajstić information content (AvgIpc) is 3.46. The molecule has 0 bridgehead atoms. The van der Waals surface area contributed by atoms with Crippen molar-refractivity contribution in [3.8, 4) is 5.75 Å². The lowest BCUT2D eigenvalue weighted by molar-refractivity contribution is -0.163. The number of nitrogens with one attached hydrogen (secondary N) is 1. The number of hydrogen-bond donors (Lipinski definition) is 4. The van der Waals surface area contributed by atoms with Gasteiger partial charge >= 0.3 is 11.9 Å². The van der Waals surface area contributed by atoms with Crippen LogP contribution in [0, 0.1) is 18.8 Å². The Morgan fingerprint density at radius 2 is 1.88 bits per heavy atom. The molecule has 0 unspecified atom stereocenters. The van der Waals surface area contributed by atoms with Crippen LogP contribution >= 0.6 is 11.8 Å². The highest BCUT2D eigenvalue weighted by Crippen LogP contribution is 2.52. The number of thioether (sulfide) groups is 1. The van der Waals surface area contributed by atoms with Crippen LogP contribution in [0.1, 0.15) is 41.8 Å². The summed E-state index contributed by atoms with van der Waals surface area (Å²) in [5.74, 6) is -3.24. The van der Waals surface area contributed by atoms with Crippen LogP contribution in [0.5, 0.6) is 5.75 Å². The molecule has 228 valence electrons. The summed E-state index contributed by atoms with van der Waals surface area (Å²) >= 11 is 1.38. The highest BCUT2D eigenvalue weighted by atomic mass is 32.2. The molecule has 2 aromatic carbocycles. The maximum atomic E-state index is 13.7. The van der Waals surface area contributed by atoms with Gasteiger partial charge in [0.15, 0.2) is 0 Å². The number of anilines is 1. The van der Waals surface area contributed by atoms with Gasteiger partial charge in [-0.05, 0) is 50.1 Å². The van der Waals surface area contributed by atoms with E-state index in [0.29, 0.717) is 35.9 Å². The molecular formula is C31H35N3O8S. The molecule has 4 N–H and O–H groups in total. The first-order valence-electron chi connectivity index (χ1n) is 14.1. The van der Waals surface area contributed by atoms with Crippen molar-refractivity contribution in [2.24, 2.45) is 11.8 Å². The number of β-lactam (4-membered cyclic amide) rings is 1. The number of rotatable bonds is 10. The van der Waals surface area contributed by atoms with Crippen molar-refractivity contribution >= 4 is 41.2 Å². The Hall–Kier alpha value is -3.87. The van der Waals surface area contributed by atoms with Crippen molar-refractivity contribution in [2.45, 2.75) is 57.2 Å². The van der Waals surface area contributed by atoms with E-state index in [2.05, 4.69) is 5.32 Å². The maximum Gasteiger partial charge on any atom is 0.353 e. The molecule has 0 aromatic heterocycles. The number of aryl methyl sites for hydroxylation is 1. The highest BCUT2D eigenvalue weighted by Gasteiger charge is 2.60. The van der Waals surface area contributed by atoms with E-state index in [0.717, 1.165) is 11.1 Å². The van der Waals surface area contributed by atoms with E-state index in [-0.39, 0.29) is 34.2 Å². The summed E-state index contributed by atoms with van der Waals surface area (Å²) in [6.07, 6.45) is -0.500. The second kappa shape index (κ2) is 12.0. The van der Waals surface area contributed by atoms with Crippen molar-refractivity contribution in [3.63, 3.8) is 0 Å². The van der Waals surface area contributed by atoms with Crippen LogP contribution in [-0.4, -0.2) is 86.0 Å². The molecule has 11 nitrogen and oxygen atoms in total. The van der Waals surface area contributed by atoms with Gasteiger partial charge in [-0.2, -0.15) is 0 Å². The van der Waals surface area contributed by atoms with E-state index in [1.54, 1.807) is 26.2 Å². The Labute approximate surface area is 253 Å². The van der Waals surface area contributed by atoms with E-state index < -0.39 is 36.0 Å². The molecule has 5 rings (SSSR count). The number of carboxylic acid groups (broad SMARTS) is 2. The van der Waals surface area contributed by atoms with Crippen LogP contribution in [0.2, 0.25) is 0 Å². The summed E-state index contributed by atoms with van der Waals surface area (Å²) in [5, 5.41) is 32.3. The first-order chi connectivity index (χ1) is 20.4. The zero-order valence-corrected chi connectivity index (χ0v) is 25.1. The SMILES string of the molecule is COc1cc(C)ccc1CN1C[C@@H](SC2=C(C(=O)O)N3C(=O)[C@H]([C@@H](C)O)[C@H]3[C@H]2C)C[C@H]1C(=O)Nc1cccc(C(=O)O)c1.